The van der Waals surface area contributed by atoms with Gasteiger partial charge in [0.05, 0.1) is 20.2 Å². The zero-order valence-electron chi connectivity index (χ0n) is 11.3. The maximum Gasteiger partial charge on any atom is 0.352 e. The molecule has 0 unspecified atom stereocenters. The number of fused-ring (bicyclic) bond motifs is 1. The van der Waals surface area contributed by atoms with Crippen LogP contribution in [0.1, 0.15) is 42.4 Å². The third kappa shape index (κ3) is 3.34. The predicted molar refractivity (Wildman–Crippen MR) is 65.4 cm³/mol. The van der Waals surface area contributed by atoms with Gasteiger partial charge in [-0.15, -0.1) is 0 Å². The van der Waals surface area contributed by atoms with Gasteiger partial charge in [0.2, 0.25) is 0 Å². The fraction of sp³-hybridized carbons (Fsp3) is 0.615. The fourth-order valence-electron chi connectivity index (χ4n) is 2.40. The average Bonchev–Trinajstić information content (AvgIpc) is 2.60. The number of ether oxygens (including phenoxy) is 1. The summed E-state index contributed by atoms with van der Waals surface area (Å²) < 4.78 is 8.52. The highest BCUT2D eigenvalue weighted by Gasteiger charge is 2.25. The van der Waals surface area contributed by atoms with Gasteiger partial charge in [-0.1, -0.05) is 0 Å². The first-order chi connectivity index (χ1) is 8.65. The number of esters is 1. The predicted octanol–water partition coefficient (Wildman–Crippen LogP) is -2.42. The van der Waals surface area contributed by atoms with Crippen LogP contribution in [0.15, 0.2) is 11.0 Å². The molecular formula is C13H19IN2O3. The van der Waals surface area contributed by atoms with Crippen LogP contribution in [-0.2, 0) is 24.8 Å². The molecule has 0 saturated heterocycles. The van der Waals surface area contributed by atoms with Gasteiger partial charge in [-0.25, -0.2) is 14.2 Å². The zero-order valence-corrected chi connectivity index (χ0v) is 13.5. The van der Waals surface area contributed by atoms with Gasteiger partial charge in [0.25, 0.3) is 5.82 Å². The molecule has 2 rings (SSSR count). The van der Waals surface area contributed by atoms with E-state index in [0.717, 1.165) is 31.5 Å². The van der Waals surface area contributed by atoms with E-state index in [4.69, 9.17) is 4.74 Å². The molecule has 1 aliphatic rings. The highest BCUT2D eigenvalue weighted by atomic mass is 127. The number of halogens is 1. The number of hydrogen-bond acceptors (Lipinski definition) is 3. The molecule has 19 heavy (non-hydrogen) atoms. The van der Waals surface area contributed by atoms with Crippen molar-refractivity contribution < 1.29 is 38.1 Å². The molecule has 0 aliphatic carbocycles. The Bertz CT molecular complexity index is 525. The second-order valence-corrected chi connectivity index (χ2v) is 4.56. The molecule has 1 aliphatic heterocycles. The minimum absolute atomic E-state index is 0. The van der Waals surface area contributed by atoms with E-state index in [0.29, 0.717) is 6.54 Å². The maximum atomic E-state index is 12.3. The fourth-order valence-corrected chi connectivity index (χ4v) is 2.40. The third-order valence-electron chi connectivity index (χ3n) is 3.29. The SMILES string of the molecule is CCOC(=O)c1c[n+](C)c2n(c1=O)CCCCC2.[I-]. The Morgan fingerprint density at radius 3 is 2.84 bits per heavy atom. The molecule has 1 aromatic rings. The number of carbonyl (C=O) groups is 1. The van der Waals surface area contributed by atoms with E-state index in [1.165, 1.54) is 0 Å². The van der Waals surface area contributed by atoms with E-state index < -0.39 is 5.97 Å². The van der Waals surface area contributed by atoms with Gasteiger partial charge in [-0.05, 0) is 26.2 Å². The van der Waals surface area contributed by atoms with Crippen molar-refractivity contribution in [3.63, 3.8) is 0 Å². The van der Waals surface area contributed by atoms with E-state index in [9.17, 15) is 9.59 Å². The minimum atomic E-state index is -0.530. The quantitative estimate of drug-likeness (QED) is 0.327. The molecular weight excluding hydrogens is 359 g/mol. The summed E-state index contributed by atoms with van der Waals surface area (Å²) in [5.74, 6) is 0.461. The molecule has 6 heteroatoms. The Morgan fingerprint density at radius 2 is 2.16 bits per heavy atom. The number of hydrogen-bond donors (Lipinski definition) is 0. The second kappa shape index (κ2) is 7.02. The first-order valence-electron chi connectivity index (χ1n) is 6.44. The van der Waals surface area contributed by atoms with Crippen LogP contribution in [0.3, 0.4) is 0 Å². The van der Waals surface area contributed by atoms with Gasteiger partial charge in [0.15, 0.2) is 5.56 Å². The molecule has 106 valence electrons. The van der Waals surface area contributed by atoms with Gasteiger partial charge in [-0.3, -0.25) is 0 Å². The van der Waals surface area contributed by atoms with Crippen molar-refractivity contribution in [1.29, 1.82) is 0 Å². The lowest BCUT2D eigenvalue weighted by molar-refractivity contribution is -0.684. The Hall–Kier alpha value is -0.920. The van der Waals surface area contributed by atoms with Crippen LogP contribution in [0.2, 0.25) is 0 Å². The molecule has 0 amide bonds. The molecule has 5 nitrogen and oxygen atoms in total. The van der Waals surface area contributed by atoms with Crippen LogP contribution in [0.4, 0.5) is 0 Å². The molecule has 0 spiro atoms. The number of nitrogens with zero attached hydrogens (tertiary/aromatic N) is 2. The van der Waals surface area contributed by atoms with E-state index in [1.54, 1.807) is 17.7 Å². The number of aromatic nitrogens is 2. The maximum absolute atomic E-state index is 12.3. The minimum Gasteiger partial charge on any atom is -1.00 e. The first kappa shape index (κ1) is 16.1. The first-order valence-corrected chi connectivity index (χ1v) is 6.44. The Labute approximate surface area is 129 Å². The van der Waals surface area contributed by atoms with Gasteiger partial charge < -0.3 is 28.7 Å². The Morgan fingerprint density at radius 1 is 1.42 bits per heavy atom. The summed E-state index contributed by atoms with van der Waals surface area (Å²) in [6.45, 7) is 2.71. The molecule has 0 atom stereocenters. The summed E-state index contributed by atoms with van der Waals surface area (Å²) in [5, 5.41) is 0. The summed E-state index contributed by atoms with van der Waals surface area (Å²) in [5.41, 5.74) is -0.0894. The summed E-state index contributed by atoms with van der Waals surface area (Å²) in [7, 11) is 1.87. The van der Waals surface area contributed by atoms with Crippen molar-refractivity contribution in [2.45, 2.75) is 39.2 Å². The van der Waals surface area contributed by atoms with Crippen LogP contribution in [0.5, 0.6) is 0 Å². The standard InChI is InChI=1S/C13H19N2O3.HI/c1-3-18-13(17)10-9-14(2)11-7-5-4-6-8-15(11)12(10)16;/h9H,3-8H2,1-2H3;1H/q+1;/p-1. The Balaban J connectivity index is 0.00000180. The monoisotopic (exact) mass is 378 g/mol. The second-order valence-electron chi connectivity index (χ2n) is 4.56. The topological polar surface area (TPSA) is 52.2 Å². The van der Waals surface area contributed by atoms with E-state index in [-0.39, 0.29) is 41.7 Å². The van der Waals surface area contributed by atoms with Crippen LogP contribution in [-0.4, -0.2) is 17.1 Å². The average molecular weight is 378 g/mol. The van der Waals surface area contributed by atoms with Gasteiger partial charge in [0, 0.05) is 6.42 Å². The smallest absolute Gasteiger partial charge is 0.352 e. The van der Waals surface area contributed by atoms with Gasteiger partial charge in [0.1, 0.15) is 6.20 Å². The lowest BCUT2D eigenvalue weighted by Gasteiger charge is -2.07. The van der Waals surface area contributed by atoms with Gasteiger partial charge in [-0.2, -0.15) is 4.57 Å². The molecule has 1 aromatic heterocycles. The number of rotatable bonds is 2. The van der Waals surface area contributed by atoms with Gasteiger partial charge >= 0.3 is 11.5 Å². The molecule has 0 saturated carbocycles. The molecule has 0 radical (unpaired) electrons. The highest BCUT2D eigenvalue weighted by Crippen LogP contribution is 2.09. The van der Waals surface area contributed by atoms with Crippen molar-refractivity contribution in [3.05, 3.63) is 27.9 Å². The lowest BCUT2D eigenvalue weighted by atomic mass is 10.2. The Kier molecular flexibility index (Phi) is 5.96. The zero-order chi connectivity index (χ0) is 13.1. The van der Waals surface area contributed by atoms with Crippen molar-refractivity contribution >= 4 is 5.97 Å². The van der Waals surface area contributed by atoms with Crippen molar-refractivity contribution in [2.75, 3.05) is 6.61 Å². The highest BCUT2D eigenvalue weighted by molar-refractivity contribution is 5.88. The summed E-state index contributed by atoms with van der Waals surface area (Å²) >= 11 is 0. The van der Waals surface area contributed by atoms with Crippen molar-refractivity contribution in [1.82, 2.24) is 4.57 Å². The van der Waals surface area contributed by atoms with E-state index in [1.807, 2.05) is 11.6 Å². The van der Waals surface area contributed by atoms with E-state index in [2.05, 4.69) is 0 Å². The summed E-state index contributed by atoms with van der Waals surface area (Å²) in [6.07, 6.45) is 5.67. The molecule has 0 N–H and O–H groups in total. The molecule has 0 bridgehead atoms. The van der Waals surface area contributed by atoms with Crippen LogP contribution < -0.4 is 34.1 Å². The number of carbonyl (C=O) groups excluding carboxylic acids is 1. The van der Waals surface area contributed by atoms with Crippen LogP contribution in [0.25, 0.3) is 0 Å². The van der Waals surface area contributed by atoms with Crippen LogP contribution in [0, 0.1) is 0 Å². The largest absolute Gasteiger partial charge is 1.00 e. The van der Waals surface area contributed by atoms with Crippen LogP contribution >= 0.6 is 0 Å². The lowest BCUT2D eigenvalue weighted by Crippen LogP contribution is -3.00. The summed E-state index contributed by atoms with van der Waals surface area (Å²) in [6, 6.07) is 0. The molecule has 0 fully saturated rings. The normalized spacial score (nSPS) is 14.0. The van der Waals surface area contributed by atoms with Crippen molar-refractivity contribution in [2.24, 2.45) is 7.05 Å². The number of aryl methyl sites for hydroxylation is 1. The molecule has 2 heterocycles. The molecule has 0 aromatic carbocycles. The summed E-state index contributed by atoms with van der Waals surface area (Å²) in [4.78, 5) is 24.0. The third-order valence-corrected chi connectivity index (χ3v) is 3.29. The van der Waals surface area contributed by atoms with Crippen molar-refractivity contribution in [3.8, 4) is 0 Å². The van der Waals surface area contributed by atoms with E-state index >= 15 is 0 Å².